The fraction of sp³-hybridized carbons (Fsp3) is 0.385. The summed E-state index contributed by atoms with van der Waals surface area (Å²) < 4.78 is 29.2. The van der Waals surface area contributed by atoms with Gasteiger partial charge in [-0.3, -0.25) is 0 Å². The van der Waals surface area contributed by atoms with Crippen LogP contribution in [0.15, 0.2) is 28.8 Å². The molecule has 0 aliphatic carbocycles. The van der Waals surface area contributed by atoms with Crippen molar-refractivity contribution in [2.75, 3.05) is 19.3 Å². The van der Waals surface area contributed by atoms with E-state index < -0.39 is 10.0 Å². The molecule has 0 unspecified atom stereocenters. The Bertz CT molecular complexity index is 754. The van der Waals surface area contributed by atoms with Gasteiger partial charge in [0.1, 0.15) is 0 Å². The summed E-state index contributed by atoms with van der Waals surface area (Å²) in [7, 11) is -3.13. The highest BCUT2D eigenvalue weighted by molar-refractivity contribution is 7.88. The quantitative estimate of drug-likeness (QED) is 0.853. The molecule has 0 radical (unpaired) electrons. The third-order valence-electron chi connectivity index (χ3n) is 3.46. The molecule has 1 fully saturated rings. The summed E-state index contributed by atoms with van der Waals surface area (Å²) in [6.07, 6.45) is 1.69. The van der Waals surface area contributed by atoms with E-state index in [1.807, 2.05) is 24.3 Å². The molecule has 1 aromatic carbocycles. The van der Waals surface area contributed by atoms with Crippen LogP contribution in [0.4, 0.5) is 0 Å². The number of rotatable bonds is 4. The van der Waals surface area contributed by atoms with Crippen LogP contribution in [0.25, 0.3) is 0 Å². The van der Waals surface area contributed by atoms with E-state index in [2.05, 4.69) is 10.1 Å². The number of aromatic nitrogens is 2. The lowest BCUT2D eigenvalue weighted by atomic mass is 10.0. The van der Waals surface area contributed by atoms with E-state index >= 15 is 0 Å². The third kappa shape index (κ3) is 3.09. The minimum Gasteiger partial charge on any atom is -0.339 e. The van der Waals surface area contributed by atoms with Crippen LogP contribution < -0.4 is 0 Å². The van der Waals surface area contributed by atoms with Crippen molar-refractivity contribution < 1.29 is 12.9 Å². The zero-order valence-corrected chi connectivity index (χ0v) is 12.9. The van der Waals surface area contributed by atoms with Gasteiger partial charge >= 0.3 is 0 Å². The van der Waals surface area contributed by atoms with Gasteiger partial charge in [-0.05, 0) is 11.6 Å². The molecule has 1 aromatic heterocycles. The Kier molecular flexibility index (Phi) is 3.73. The van der Waals surface area contributed by atoms with Gasteiger partial charge in [-0.2, -0.15) is 4.98 Å². The van der Waals surface area contributed by atoms with Crippen LogP contribution in [0.3, 0.4) is 0 Å². The molecule has 0 spiro atoms. The predicted molar refractivity (Wildman–Crippen MR) is 77.7 cm³/mol. The lowest BCUT2D eigenvalue weighted by molar-refractivity contribution is 0.217. The van der Waals surface area contributed by atoms with Crippen molar-refractivity contribution >= 4 is 21.6 Å². The highest BCUT2D eigenvalue weighted by atomic mass is 35.5. The third-order valence-corrected chi connectivity index (χ3v) is 5.06. The van der Waals surface area contributed by atoms with Crippen LogP contribution in [-0.2, 0) is 16.4 Å². The molecule has 0 atom stereocenters. The van der Waals surface area contributed by atoms with Gasteiger partial charge in [0.2, 0.25) is 15.9 Å². The highest BCUT2D eigenvalue weighted by Gasteiger charge is 2.37. The van der Waals surface area contributed by atoms with Crippen molar-refractivity contribution in [3.63, 3.8) is 0 Å². The van der Waals surface area contributed by atoms with Crippen LogP contribution in [0.5, 0.6) is 0 Å². The summed E-state index contributed by atoms with van der Waals surface area (Å²) in [6, 6.07) is 7.49. The molecule has 0 saturated carbocycles. The van der Waals surface area contributed by atoms with E-state index in [1.165, 1.54) is 10.6 Å². The average Bonchev–Trinajstić information content (AvgIpc) is 2.77. The second kappa shape index (κ2) is 5.40. The van der Waals surface area contributed by atoms with Gasteiger partial charge in [0.05, 0.1) is 12.2 Å². The van der Waals surface area contributed by atoms with Crippen molar-refractivity contribution in [3.8, 4) is 0 Å². The molecule has 112 valence electrons. The molecule has 1 aliphatic rings. The molecule has 8 heteroatoms. The SMILES string of the molecule is CS(=O)(=O)N1CC(c2nc(Cc3ccccc3Cl)no2)C1. The van der Waals surface area contributed by atoms with E-state index in [9.17, 15) is 8.42 Å². The fourth-order valence-corrected chi connectivity index (χ4v) is 3.29. The van der Waals surface area contributed by atoms with Gasteiger partial charge in [0.25, 0.3) is 0 Å². The van der Waals surface area contributed by atoms with Crippen molar-refractivity contribution in [2.24, 2.45) is 0 Å². The Hall–Kier alpha value is -1.44. The number of halogens is 1. The maximum Gasteiger partial charge on any atom is 0.232 e. The van der Waals surface area contributed by atoms with Crippen LogP contribution in [-0.4, -0.2) is 42.2 Å². The van der Waals surface area contributed by atoms with E-state index in [0.717, 1.165) is 5.56 Å². The standard InChI is InChI=1S/C13H14ClN3O3S/c1-21(18,19)17-7-10(8-17)13-15-12(16-20-13)6-9-4-2-3-5-11(9)14/h2-5,10H,6-8H2,1H3. The maximum atomic E-state index is 11.3. The van der Waals surface area contributed by atoms with Gasteiger partial charge in [-0.15, -0.1) is 0 Å². The lowest BCUT2D eigenvalue weighted by Crippen LogP contribution is -2.47. The fourth-order valence-electron chi connectivity index (χ4n) is 2.18. The van der Waals surface area contributed by atoms with E-state index in [-0.39, 0.29) is 5.92 Å². The molecule has 1 saturated heterocycles. The van der Waals surface area contributed by atoms with Crippen LogP contribution >= 0.6 is 11.6 Å². The van der Waals surface area contributed by atoms with Gasteiger partial charge in [0, 0.05) is 24.5 Å². The predicted octanol–water partition coefficient (Wildman–Crippen LogP) is 1.67. The van der Waals surface area contributed by atoms with Crippen molar-refractivity contribution in [2.45, 2.75) is 12.3 Å². The van der Waals surface area contributed by atoms with E-state index in [1.54, 1.807) is 0 Å². The van der Waals surface area contributed by atoms with Crippen LogP contribution in [0, 0.1) is 0 Å². The minimum absolute atomic E-state index is 0.0211. The normalized spacial score (nSPS) is 16.9. The Morgan fingerprint density at radius 3 is 2.76 bits per heavy atom. The largest absolute Gasteiger partial charge is 0.339 e. The zero-order chi connectivity index (χ0) is 15.0. The first-order chi connectivity index (χ1) is 9.93. The number of sulfonamides is 1. The summed E-state index contributed by atoms with van der Waals surface area (Å²) in [4.78, 5) is 4.33. The second-order valence-corrected chi connectivity index (χ2v) is 7.48. The average molecular weight is 328 g/mol. The number of nitrogens with zero attached hydrogens (tertiary/aromatic N) is 3. The van der Waals surface area contributed by atoms with Crippen molar-refractivity contribution in [1.29, 1.82) is 0 Å². The Morgan fingerprint density at radius 1 is 1.38 bits per heavy atom. The first-order valence-corrected chi connectivity index (χ1v) is 8.67. The molecule has 21 heavy (non-hydrogen) atoms. The number of hydrogen-bond donors (Lipinski definition) is 0. The molecule has 2 heterocycles. The molecule has 3 rings (SSSR count). The molecule has 6 nitrogen and oxygen atoms in total. The number of hydrogen-bond acceptors (Lipinski definition) is 5. The first-order valence-electron chi connectivity index (χ1n) is 6.44. The molecule has 1 aliphatic heterocycles. The van der Waals surface area contributed by atoms with Gasteiger partial charge in [-0.25, -0.2) is 12.7 Å². The number of benzene rings is 1. The molecule has 0 N–H and O–H groups in total. The molecule has 0 bridgehead atoms. The second-order valence-electron chi connectivity index (χ2n) is 5.09. The van der Waals surface area contributed by atoms with Gasteiger partial charge < -0.3 is 4.52 Å². The molecule has 2 aromatic rings. The summed E-state index contributed by atoms with van der Waals surface area (Å²) in [5, 5.41) is 4.59. The van der Waals surface area contributed by atoms with Crippen molar-refractivity contribution in [3.05, 3.63) is 46.6 Å². The topological polar surface area (TPSA) is 76.3 Å². The zero-order valence-electron chi connectivity index (χ0n) is 11.4. The minimum atomic E-state index is -3.13. The van der Waals surface area contributed by atoms with Crippen LogP contribution in [0.1, 0.15) is 23.2 Å². The Morgan fingerprint density at radius 2 is 2.10 bits per heavy atom. The summed E-state index contributed by atoms with van der Waals surface area (Å²) in [5.41, 5.74) is 0.929. The summed E-state index contributed by atoms with van der Waals surface area (Å²) in [6.45, 7) is 0.791. The summed E-state index contributed by atoms with van der Waals surface area (Å²) in [5.74, 6) is 1.01. The maximum absolute atomic E-state index is 11.3. The van der Waals surface area contributed by atoms with Gasteiger partial charge in [0.15, 0.2) is 5.82 Å². The monoisotopic (exact) mass is 327 g/mol. The molecular weight excluding hydrogens is 314 g/mol. The van der Waals surface area contributed by atoms with Crippen molar-refractivity contribution in [1.82, 2.24) is 14.4 Å². The van der Waals surface area contributed by atoms with E-state index in [4.69, 9.17) is 16.1 Å². The smallest absolute Gasteiger partial charge is 0.232 e. The molecular formula is C13H14ClN3O3S. The van der Waals surface area contributed by atoms with Crippen LogP contribution in [0.2, 0.25) is 5.02 Å². The highest BCUT2D eigenvalue weighted by Crippen LogP contribution is 2.28. The Balaban J connectivity index is 1.67. The summed E-state index contributed by atoms with van der Waals surface area (Å²) >= 11 is 6.09. The van der Waals surface area contributed by atoms with E-state index in [0.29, 0.717) is 36.2 Å². The Labute approximate surface area is 127 Å². The molecule has 0 amide bonds. The lowest BCUT2D eigenvalue weighted by Gasteiger charge is -2.34. The van der Waals surface area contributed by atoms with Gasteiger partial charge in [-0.1, -0.05) is 35.0 Å². The first kappa shape index (κ1) is 14.5.